The van der Waals surface area contributed by atoms with Crippen molar-refractivity contribution in [3.63, 3.8) is 0 Å². The Morgan fingerprint density at radius 1 is 0.368 bits per heavy atom. The highest BCUT2D eigenvalue weighted by atomic mass is 79.9. The fourth-order valence-corrected chi connectivity index (χ4v) is 16.5. The van der Waals surface area contributed by atoms with Gasteiger partial charge in [0.1, 0.15) is 77.1 Å². The van der Waals surface area contributed by atoms with Crippen LogP contribution in [-0.4, -0.2) is 101 Å². The van der Waals surface area contributed by atoms with Crippen LogP contribution >= 0.6 is 38.6 Å². The number of aromatic nitrogens is 2. The quantitative estimate of drug-likeness (QED) is 0.0284. The van der Waals surface area contributed by atoms with Crippen LogP contribution in [0.15, 0.2) is 205 Å². The topological polar surface area (TPSA) is 300 Å². The van der Waals surface area contributed by atoms with E-state index in [1.54, 1.807) is 148 Å². The largest absolute Gasteiger partial charge is 0.508 e. The lowest BCUT2D eigenvalue weighted by Gasteiger charge is -2.17. The molecule has 0 radical (unpaired) electrons. The van der Waals surface area contributed by atoms with Gasteiger partial charge in [-0.25, -0.2) is 9.97 Å². The summed E-state index contributed by atoms with van der Waals surface area (Å²) in [6, 6.07) is 44.3. The average Bonchev–Trinajstić information content (AvgIpc) is 1.61. The highest BCUT2D eigenvalue weighted by Gasteiger charge is 2.28. The molecule has 624 valence electrons. The van der Waals surface area contributed by atoms with Gasteiger partial charge in [-0.2, -0.15) is 33.7 Å². The van der Waals surface area contributed by atoms with Gasteiger partial charge >= 0.3 is 40.5 Å². The van der Waals surface area contributed by atoms with Crippen LogP contribution in [0.2, 0.25) is 0 Å². The zero-order chi connectivity index (χ0) is 86.6. The number of halogens is 1. The number of aryl methyl sites for hydroxylation is 4. The molecule has 22 nitrogen and oxygen atoms in total. The van der Waals surface area contributed by atoms with E-state index in [1.807, 2.05) is 120 Å². The predicted octanol–water partition coefficient (Wildman–Crippen LogP) is 21.1. The molecule has 0 aliphatic carbocycles. The molecule has 0 fully saturated rings. The van der Waals surface area contributed by atoms with Crippen molar-refractivity contribution >= 4 is 90.6 Å². The predicted molar refractivity (Wildman–Crippen MR) is 463 cm³/mol. The maximum Gasteiger partial charge on any atom is 0.339 e. The van der Waals surface area contributed by atoms with Crippen molar-refractivity contribution in [2.45, 2.75) is 153 Å². The molecule has 0 saturated heterocycles. The van der Waals surface area contributed by atoms with Crippen molar-refractivity contribution < 1.29 is 88.8 Å². The summed E-state index contributed by atoms with van der Waals surface area (Å²) in [5.41, 5.74) is 14.7. The van der Waals surface area contributed by atoms with Crippen LogP contribution in [0.4, 0.5) is 0 Å². The smallest absolute Gasteiger partial charge is 0.339 e. The Morgan fingerprint density at radius 2 is 0.667 bits per heavy atom. The molecule has 0 aliphatic rings. The summed E-state index contributed by atoms with van der Waals surface area (Å²) < 4.78 is 149. The van der Waals surface area contributed by atoms with Crippen LogP contribution in [-0.2, 0) is 40.5 Å². The van der Waals surface area contributed by atoms with E-state index >= 15 is 0 Å². The highest BCUT2D eigenvalue weighted by molar-refractivity contribution is 9.09. The van der Waals surface area contributed by atoms with Crippen molar-refractivity contribution in [2.24, 2.45) is 0 Å². The molecule has 0 unspecified atom stereocenters. The molecular formula is C88H99BrN2O20S6. The zero-order valence-corrected chi connectivity index (χ0v) is 75.4. The Bertz CT molecular complexity index is 5680. The molecule has 0 aliphatic heterocycles. The van der Waals surface area contributed by atoms with E-state index in [2.05, 4.69) is 25.9 Å². The van der Waals surface area contributed by atoms with E-state index in [1.165, 1.54) is 80.2 Å². The number of rotatable bonds is 27. The lowest BCUT2D eigenvalue weighted by Crippen LogP contribution is -2.13. The number of thiazole rings is 2. The van der Waals surface area contributed by atoms with Crippen molar-refractivity contribution in [3.05, 3.63) is 247 Å². The van der Waals surface area contributed by atoms with Crippen LogP contribution in [0.5, 0.6) is 57.5 Å². The molecule has 1 N–H and O–H groups in total. The third kappa shape index (κ3) is 25.2. The number of phenolic OH excluding ortho intramolecular Hbond substituents is 1. The number of methoxy groups -OCH3 is 5. The van der Waals surface area contributed by atoms with E-state index in [0.717, 1.165) is 56.0 Å². The van der Waals surface area contributed by atoms with Crippen molar-refractivity contribution in [3.8, 4) is 80.0 Å². The summed E-state index contributed by atoms with van der Waals surface area (Å²) in [4.78, 5) is 32.9. The van der Waals surface area contributed by atoms with Gasteiger partial charge in [-0.1, -0.05) is 156 Å². The standard InChI is InChI=1S/C20H21NO4S2.C19H21BrO5S.C19H22O5S.C17H20O4S.C13H15NO2S/c1-13(2)16-9-19(24-4)17(18-11-26-12-21-18)10-20(16)25-27(22,23)15-7-5-14(3)6-8-15;1-12(2)15-9-18(24-4)16(17(21)11-20)10-19(15)25-26(22,23)14-7-5-13(3)6-8-14;1-12(2)16-10-18(23-5)17(14(4)20)11-19(16)24-25(21,22)15-8-6-13(3)7-9-15;1-12(2)16-11-14(20-4)7-10-17(16)21-22(18,19)15-8-5-13(3)6-9-15;1-8(2)9-5-13(16-3)10(4-12(9)15)11-6-17-7-14-11/h5-13H,1-4H3;5-10,12H,11H2,1-4H3;6-12H,1-5H3;5-12H,1-4H3;4-8,15H,1-3H3. The lowest BCUT2D eigenvalue weighted by molar-refractivity contribution is 0.100. The monoisotopic (exact) mass is 1770 g/mol. The fourth-order valence-electron chi connectivity index (χ4n) is 11.3. The summed E-state index contributed by atoms with van der Waals surface area (Å²) in [5.74, 6) is 3.93. The van der Waals surface area contributed by atoms with Crippen LogP contribution < -0.4 is 40.4 Å². The number of phenols is 1. The number of Topliss-reactive ketones (excluding diaryl/α,β-unsaturated/α-hetero) is 2. The van der Waals surface area contributed by atoms with Crippen molar-refractivity contribution in [2.75, 3.05) is 40.9 Å². The molecule has 117 heavy (non-hydrogen) atoms. The number of carbonyl (C=O) groups excluding carboxylic acids is 2. The lowest BCUT2D eigenvalue weighted by atomic mass is 9.98. The van der Waals surface area contributed by atoms with Gasteiger partial charge in [0.05, 0.1) is 74.4 Å². The van der Waals surface area contributed by atoms with Crippen LogP contribution in [0.25, 0.3) is 22.5 Å². The van der Waals surface area contributed by atoms with E-state index in [0.29, 0.717) is 56.9 Å². The second-order valence-electron chi connectivity index (χ2n) is 28.3. The first-order valence-corrected chi connectivity index (χ1v) is 45.4. The minimum Gasteiger partial charge on any atom is -0.508 e. The van der Waals surface area contributed by atoms with Crippen LogP contribution in [0, 0.1) is 27.7 Å². The zero-order valence-electron chi connectivity index (χ0n) is 68.9. The number of ether oxygens (including phenoxy) is 5. The second-order valence-corrected chi connectivity index (χ2v) is 36.5. The SMILES string of the molecule is COc1cc(C(C)C)c(O)cc1-c1cscn1.COc1cc(C(C)C)c(OS(=O)(=O)c2ccc(C)cc2)cc1-c1cscn1.COc1cc(C(C)C)c(OS(=O)(=O)c2ccc(C)cc2)cc1C(=O)CBr.COc1cc(C(C)C)c(OS(=O)(=O)c2ccc(C)cc2)cc1C(C)=O.COc1ccc(OS(=O)(=O)c2ccc(C)cc2)c(C(C)C)c1. The number of aromatic hydroxyl groups is 1. The molecule has 2 aromatic heterocycles. The molecule has 0 atom stereocenters. The molecule has 0 amide bonds. The molecule has 9 aromatic carbocycles. The number of hydrogen-bond acceptors (Lipinski definition) is 24. The van der Waals surface area contributed by atoms with E-state index in [9.17, 15) is 48.4 Å². The molecule has 0 bridgehead atoms. The molecule has 0 saturated carbocycles. The Labute approximate surface area is 704 Å². The minimum absolute atomic E-state index is 0.0156. The average molecular weight is 1780 g/mol. The summed E-state index contributed by atoms with van der Waals surface area (Å²) >= 11 is 6.10. The summed E-state index contributed by atoms with van der Waals surface area (Å²) in [5, 5.41) is 13.9. The second kappa shape index (κ2) is 41.8. The highest BCUT2D eigenvalue weighted by Crippen LogP contribution is 2.43. The maximum atomic E-state index is 12.8. The maximum absolute atomic E-state index is 12.8. The summed E-state index contributed by atoms with van der Waals surface area (Å²) in [7, 11) is -8.10. The number of carbonyl (C=O) groups is 2. The minimum atomic E-state index is -4.02. The molecule has 29 heteroatoms. The van der Waals surface area contributed by atoms with Gasteiger partial charge in [-0.05, 0) is 179 Å². The van der Waals surface area contributed by atoms with Crippen LogP contribution in [0.1, 0.15) is 177 Å². The number of ketones is 2. The molecule has 2 heterocycles. The normalized spacial score (nSPS) is 11.4. The van der Waals surface area contributed by atoms with Gasteiger partial charge in [0.15, 0.2) is 11.6 Å². The first kappa shape index (κ1) is 94.0. The Kier molecular flexibility index (Phi) is 33.6. The first-order valence-electron chi connectivity index (χ1n) is 36.8. The van der Waals surface area contributed by atoms with Gasteiger partial charge in [0.25, 0.3) is 0 Å². The third-order valence-electron chi connectivity index (χ3n) is 17.9. The fraction of sp³-hybridized carbons (Fsp3) is 0.295. The van der Waals surface area contributed by atoms with Crippen LogP contribution in [0.3, 0.4) is 0 Å². The number of alkyl halides is 1. The number of benzene rings is 9. The van der Waals surface area contributed by atoms with Gasteiger partial charge in [0.2, 0.25) is 0 Å². The van der Waals surface area contributed by atoms with Gasteiger partial charge in [-0.3, -0.25) is 9.59 Å². The number of hydrogen-bond donors (Lipinski definition) is 1. The van der Waals surface area contributed by atoms with Gasteiger partial charge in [-0.15, -0.1) is 22.7 Å². The Morgan fingerprint density at radius 3 is 0.974 bits per heavy atom. The van der Waals surface area contributed by atoms with Crippen molar-refractivity contribution in [1.29, 1.82) is 0 Å². The third-order valence-corrected chi connectivity index (χ3v) is 24.6. The first-order chi connectivity index (χ1) is 55.1. The number of nitrogens with zero attached hydrogens (tertiary/aromatic N) is 2. The summed E-state index contributed by atoms with van der Waals surface area (Å²) in [6.07, 6.45) is 0. The van der Waals surface area contributed by atoms with E-state index in [-0.39, 0.29) is 94.4 Å². The summed E-state index contributed by atoms with van der Waals surface area (Å²) in [6.45, 7) is 28.5. The Hall–Kier alpha value is -10.1. The molecule has 11 aromatic rings. The van der Waals surface area contributed by atoms with E-state index < -0.39 is 40.5 Å². The van der Waals surface area contributed by atoms with E-state index in [4.69, 9.17) is 40.4 Å². The Balaban J connectivity index is 0.000000204. The van der Waals surface area contributed by atoms with Crippen molar-refractivity contribution in [1.82, 2.24) is 9.97 Å². The van der Waals surface area contributed by atoms with Gasteiger partial charge < -0.3 is 45.5 Å². The molecule has 11 rings (SSSR count). The van der Waals surface area contributed by atoms with Gasteiger partial charge in [0, 0.05) is 49.7 Å². The molecule has 0 spiro atoms. The molecular weight excluding hydrogens is 1680 g/mol.